The molecule has 0 saturated carbocycles. The van der Waals surface area contributed by atoms with E-state index >= 15 is 0 Å². The Hall–Kier alpha value is -2.47. The highest BCUT2D eigenvalue weighted by molar-refractivity contribution is 7.13. The number of nitrogens with zero attached hydrogens (tertiary/aromatic N) is 2. The standard InChI is InChI=1S/C14H12N4OS/c1-9-4-2-5-10(8-9)15-17-13-12(16-18-14(13)19)11-6-3-7-20-11/h2-8H,1H3,(H2,16,18,19). The number of nitrogens with one attached hydrogen (secondary N) is 2. The van der Waals surface area contributed by atoms with Crippen molar-refractivity contribution in [3.8, 4) is 10.6 Å². The van der Waals surface area contributed by atoms with Gasteiger partial charge >= 0.3 is 0 Å². The van der Waals surface area contributed by atoms with Crippen molar-refractivity contribution in [2.75, 3.05) is 0 Å². The molecule has 2 heterocycles. The van der Waals surface area contributed by atoms with E-state index in [1.165, 1.54) is 11.3 Å². The number of benzene rings is 1. The molecule has 3 aromatic rings. The summed E-state index contributed by atoms with van der Waals surface area (Å²) in [5, 5.41) is 15.6. The summed E-state index contributed by atoms with van der Waals surface area (Å²) in [6.45, 7) is 1.99. The number of aromatic amines is 2. The van der Waals surface area contributed by atoms with Crippen molar-refractivity contribution < 1.29 is 0 Å². The van der Waals surface area contributed by atoms with Crippen LogP contribution in [0.2, 0.25) is 0 Å². The van der Waals surface area contributed by atoms with Gasteiger partial charge in [-0.15, -0.1) is 16.5 Å². The van der Waals surface area contributed by atoms with Crippen molar-refractivity contribution in [3.05, 3.63) is 57.7 Å². The highest BCUT2D eigenvalue weighted by Gasteiger charge is 2.12. The van der Waals surface area contributed by atoms with Crippen molar-refractivity contribution in [2.24, 2.45) is 10.2 Å². The van der Waals surface area contributed by atoms with Gasteiger partial charge in [-0.1, -0.05) is 18.2 Å². The summed E-state index contributed by atoms with van der Waals surface area (Å²) in [4.78, 5) is 12.7. The van der Waals surface area contributed by atoms with Gasteiger partial charge in [-0.2, -0.15) is 5.11 Å². The van der Waals surface area contributed by atoms with E-state index in [9.17, 15) is 4.79 Å². The fourth-order valence-electron chi connectivity index (χ4n) is 1.84. The maximum absolute atomic E-state index is 11.8. The number of azo groups is 1. The van der Waals surface area contributed by atoms with E-state index in [1.54, 1.807) is 0 Å². The van der Waals surface area contributed by atoms with Crippen molar-refractivity contribution in [1.82, 2.24) is 10.2 Å². The molecular formula is C14H12N4OS. The van der Waals surface area contributed by atoms with Crippen LogP contribution in [0.5, 0.6) is 0 Å². The molecule has 0 aliphatic heterocycles. The molecule has 0 bridgehead atoms. The molecule has 6 heteroatoms. The van der Waals surface area contributed by atoms with E-state index < -0.39 is 0 Å². The smallest absolute Gasteiger partial charge is 0.292 e. The van der Waals surface area contributed by atoms with Crippen molar-refractivity contribution in [3.63, 3.8) is 0 Å². The minimum Gasteiger partial charge on any atom is -0.294 e. The van der Waals surface area contributed by atoms with Gasteiger partial charge < -0.3 is 0 Å². The largest absolute Gasteiger partial charge is 0.294 e. The molecule has 0 spiro atoms. The van der Waals surface area contributed by atoms with Gasteiger partial charge in [0.1, 0.15) is 5.69 Å². The Morgan fingerprint density at radius 1 is 1.10 bits per heavy atom. The van der Waals surface area contributed by atoms with Gasteiger partial charge in [-0.05, 0) is 36.1 Å². The number of H-pyrrole nitrogens is 2. The Morgan fingerprint density at radius 3 is 2.75 bits per heavy atom. The molecule has 3 rings (SSSR count). The zero-order valence-electron chi connectivity index (χ0n) is 10.8. The van der Waals surface area contributed by atoms with Gasteiger partial charge in [0, 0.05) is 0 Å². The fraction of sp³-hybridized carbons (Fsp3) is 0.0714. The topological polar surface area (TPSA) is 73.4 Å². The van der Waals surface area contributed by atoms with Crippen molar-refractivity contribution in [2.45, 2.75) is 6.92 Å². The number of hydrogen-bond acceptors (Lipinski definition) is 4. The molecule has 0 radical (unpaired) electrons. The zero-order valence-corrected chi connectivity index (χ0v) is 11.6. The monoisotopic (exact) mass is 284 g/mol. The molecule has 20 heavy (non-hydrogen) atoms. The lowest BCUT2D eigenvalue weighted by atomic mass is 10.2. The molecule has 5 nitrogen and oxygen atoms in total. The molecule has 100 valence electrons. The van der Waals surface area contributed by atoms with Crippen LogP contribution in [-0.2, 0) is 0 Å². The van der Waals surface area contributed by atoms with Crippen LogP contribution in [0.4, 0.5) is 11.4 Å². The molecule has 1 aromatic carbocycles. The van der Waals surface area contributed by atoms with Gasteiger partial charge in [-0.25, -0.2) is 0 Å². The molecule has 0 amide bonds. The minimum atomic E-state index is -0.273. The first-order valence-electron chi connectivity index (χ1n) is 6.07. The SMILES string of the molecule is Cc1cccc(N=Nc2c(-c3cccs3)[nH][nH]c2=O)c1. The second kappa shape index (κ2) is 5.26. The molecular weight excluding hydrogens is 272 g/mol. The Kier molecular flexibility index (Phi) is 3.30. The van der Waals surface area contributed by atoms with Crippen LogP contribution in [-0.4, -0.2) is 10.2 Å². The van der Waals surface area contributed by atoms with Gasteiger partial charge in [-0.3, -0.25) is 15.0 Å². The number of hydrogen-bond donors (Lipinski definition) is 2. The predicted octanol–water partition coefficient (Wildman–Crippen LogP) is 4.16. The number of aromatic nitrogens is 2. The minimum absolute atomic E-state index is 0.273. The zero-order chi connectivity index (χ0) is 13.9. The molecule has 0 unspecified atom stereocenters. The second-order valence-electron chi connectivity index (χ2n) is 4.32. The van der Waals surface area contributed by atoms with Gasteiger partial charge in [0.2, 0.25) is 0 Å². The predicted molar refractivity (Wildman–Crippen MR) is 80.1 cm³/mol. The van der Waals surface area contributed by atoms with Gasteiger partial charge in [0.25, 0.3) is 5.56 Å². The summed E-state index contributed by atoms with van der Waals surface area (Å²) in [6.07, 6.45) is 0. The third kappa shape index (κ3) is 2.46. The van der Waals surface area contributed by atoms with Crippen LogP contribution in [0.15, 0.2) is 56.8 Å². The summed E-state index contributed by atoms with van der Waals surface area (Å²) in [6, 6.07) is 11.5. The summed E-state index contributed by atoms with van der Waals surface area (Å²) in [5.41, 5.74) is 2.52. The van der Waals surface area contributed by atoms with E-state index in [4.69, 9.17) is 0 Å². The van der Waals surface area contributed by atoms with Crippen molar-refractivity contribution in [1.29, 1.82) is 0 Å². The van der Waals surface area contributed by atoms with Gasteiger partial charge in [0.05, 0.1) is 10.6 Å². The third-order valence-electron chi connectivity index (χ3n) is 2.79. The van der Waals surface area contributed by atoms with E-state index in [-0.39, 0.29) is 5.56 Å². The summed E-state index contributed by atoms with van der Waals surface area (Å²) in [5.74, 6) is 0. The van der Waals surface area contributed by atoms with Crippen LogP contribution in [0, 0.1) is 6.92 Å². The quantitative estimate of drug-likeness (QED) is 0.696. The normalized spacial score (nSPS) is 11.2. The fourth-order valence-corrected chi connectivity index (χ4v) is 2.57. The number of thiophene rings is 1. The summed E-state index contributed by atoms with van der Waals surface area (Å²) in [7, 11) is 0. The lowest BCUT2D eigenvalue weighted by Gasteiger charge is -1.95. The van der Waals surface area contributed by atoms with Gasteiger partial charge in [0.15, 0.2) is 5.69 Å². The number of rotatable bonds is 3. The first-order chi connectivity index (χ1) is 9.74. The lowest BCUT2D eigenvalue weighted by Crippen LogP contribution is -1.96. The molecule has 0 atom stereocenters. The second-order valence-corrected chi connectivity index (χ2v) is 5.27. The van der Waals surface area contributed by atoms with Crippen LogP contribution >= 0.6 is 11.3 Å². The Balaban J connectivity index is 1.99. The summed E-state index contributed by atoms with van der Waals surface area (Å²) < 4.78 is 0. The number of aryl methyl sites for hydroxylation is 1. The Morgan fingerprint density at radius 2 is 2.00 bits per heavy atom. The lowest BCUT2D eigenvalue weighted by molar-refractivity contribution is 1.06. The molecule has 2 aromatic heterocycles. The van der Waals surface area contributed by atoms with E-state index in [0.717, 1.165) is 16.1 Å². The van der Waals surface area contributed by atoms with Crippen molar-refractivity contribution >= 4 is 22.7 Å². The van der Waals surface area contributed by atoms with E-state index in [1.807, 2.05) is 48.7 Å². The Labute approximate surface area is 119 Å². The first kappa shape index (κ1) is 12.6. The third-order valence-corrected chi connectivity index (χ3v) is 3.67. The average Bonchev–Trinajstić information content (AvgIpc) is 3.06. The highest BCUT2D eigenvalue weighted by Crippen LogP contribution is 2.29. The van der Waals surface area contributed by atoms with Crippen LogP contribution in [0.1, 0.15) is 5.56 Å². The highest BCUT2D eigenvalue weighted by atomic mass is 32.1. The van der Waals surface area contributed by atoms with E-state index in [0.29, 0.717) is 11.4 Å². The molecule has 0 aliphatic carbocycles. The first-order valence-corrected chi connectivity index (χ1v) is 6.95. The van der Waals surface area contributed by atoms with E-state index in [2.05, 4.69) is 20.4 Å². The van der Waals surface area contributed by atoms with Crippen LogP contribution < -0.4 is 5.56 Å². The van der Waals surface area contributed by atoms with Crippen LogP contribution in [0.3, 0.4) is 0 Å². The van der Waals surface area contributed by atoms with Crippen LogP contribution in [0.25, 0.3) is 10.6 Å². The molecule has 0 aliphatic rings. The molecule has 2 N–H and O–H groups in total. The maximum Gasteiger partial charge on any atom is 0.292 e. The Bertz CT molecular complexity index is 799. The maximum atomic E-state index is 11.8. The molecule has 0 fully saturated rings. The summed E-state index contributed by atoms with van der Waals surface area (Å²) >= 11 is 1.54. The molecule has 0 saturated heterocycles. The average molecular weight is 284 g/mol.